The van der Waals surface area contributed by atoms with Crippen LogP contribution in [-0.2, 0) is 11.2 Å². The quantitative estimate of drug-likeness (QED) is 0.806. The van der Waals surface area contributed by atoms with Crippen LogP contribution < -0.4 is 10.1 Å². The molecule has 110 valence electrons. The van der Waals surface area contributed by atoms with E-state index in [0.29, 0.717) is 26.5 Å². The first kappa shape index (κ1) is 16.0. The summed E-state index contributed by atoms with van der Waals surface area (Å²) >= 11 is 17.8. The van der Waals surface area contributed by atoms with Crippen molar-refractivity contribution in [2.24, 2.45) is 0 Å². The third kappa shape index (κ3) is 4.03. The summed E-state index contributed by atoms with van der Waals surface area (Å²) in [6, 6.07) is 10.3. The van der Waals surface area contributed by atoms with E-state index in [9.17, 15) is 4.79 Å². The van der Waals surface area contributed by atoms with Crippen LogP contribution in [0.5, 0.6) is 5.75 Å². The predicted molar refractivity (Wildman–Crippen MR) is 86.8 cm³/mol. The van der Waals surface area contributed by atoms with Crippen LogP contribution >= 0.6 is 34.8 Å². The molecule has 1 amide bonds. The van der Waals surface area contributed by atoms with Crippen molar-refractivity contribution in [3.05, 3.63) is 57.0 Å². The van der Waals surface area contributed by atoms with E-state index >= 15 is 0 Å². The first-order chi connectivity index (χ1) is 10.0. The maximum Gasteiger partial charge on any atom is 0.228 e. The Bertz CT molecular complexity index is 674. The Labute approximate surface area is 137 Å². The van der Waals surface area contributed by atoms with E-state index < -0.39 is 0 Å². The number of ether oxygens (including phenoxy) is 1. The lowest BCUT2D eigenvalue weighted by atomic mass is 10.1. The average molecular weight is 345 g/mol. The highest BCUT2D eigenvalue weighted by Gasteiger charge is 2.12. The topological polar surface area (TPSA) is 38.3 Å². The molecule has 2 aromatic rings. The van der Waals surface area contributed by atoms with E-state index in [0.717, 1.165) is 5.56 Å². The molecule has 2 rings (SSSR count). The first-order valence-electron chi connectivity index (χ1n) is 6.07. The van der Waals surface area contributed by atoms with Crippen LogP contribution in [0.25, 0.3) is 0 Å². The van der Waals surface area contributed by atoms with Crippen molar-refractivity contribution in [1.82, 2.24) is 0 Å². The molecule has 0 aromatic heterocycles. The summed E-state index contributed by atoms with van der Waals surface area (Å²) in [6.45, 7) is 0. The molecule has 0 radical (unpaired) electrons. The van der Waals surface area contributed by atoms with Gasteiger partial charge in [-0.3, -0.25) is 4.79 Å². The van der Waals surface area contributed by atoms with Crippen molar-refractivity contribution >= 4 is 46.4 Å². The monoisotopic (exact) mass is 343 g/mol. The van der Waals surface area contributed by atoms with E-state index in [2.05, 4.69) is 5.32 Å². The maximum absolute atomic E-state index is 12.1. The molecule has 2 aromatic carbocycles. The van der Waals surface area contributed by atoms with Gasteiger partial charge in [-0.05, 0) is 18.2 Å². The summed E-state index contributed by atoms with van der Waals surface area (Å²) in [5, 5.41) is 3.70. The van der Waals surface area contributed by atoms with Crippen molar-refractivity contribution < 1.29 is 9.53 Å². The van der Waals surface area contributed by atoms with Gasteiger partial charge in [-0.25, -0.2) is 0 Å². The van der Waals surface area contributed by atoms with Crippen LogP contribution in [0.4, 0.5) is 5.69 Å². The molecule has 0 aliphatic heterocycles. The molecule has 3 nitrogen and oxygen atoms in total. The number of hydrogen-bond donors (Lipinski definition) is 1. The van der Waals surface area contributed by atoms with Crippen LogP contribution in [0.2, 0.25) is 15.1 Å². The van der Waals surface area contributed by atoms with E-state index in [1.807, 2.05) is 18.2 Å². The zero-order valence-corrected chi connectivity index (χ0v) is 13.4. The molecule has 1 N–H and O–H groups in total. The van der Waals surface area contributed by atoms with Gasteiger partial charge in [0.25, 0.3) is 0 Å². The van der Waals surface area contributed by atoms with Crippen LogP contribution in [0, 0.1) is 0 Å². The Balaban J connectivity index is 2.14. The third-order valence-corrected chi connectivity index (χ3v) is 3.86. The minimum Gasteiger partial charge on any atom is -0.496 e. The average Bonchev–Trinajstić information content (AvgIpc) is 2.45. The molecule has 0 atom stereocenters. The molecule has 21 heavy (non-hydrogen) atoms. The van der Waals surface area contributed by atoms with Crippen LogP contribution in [-0.4, -0.2) is 13.0 Å². The molecule has 0 saturated carbocycles. The van der Waals surface area contributed by atoms with Crippen molar-refractivity contribution in [3.63, 3.8) is 0 Å². The van der Waals surface area contributed by atoms with Gasteiger partial charge in [-0.1, -0.05) is 53.0 Å². The number of benzene rings is 2. The summed E-state index contributed by atoms with van der Waals surface area (Å²) in [5.74, 6) is 0.438. The van der Waals surface area contributed by atoms with Gasteiger partial charge in [-0.2, -0.15) is 0 Å². The molecule has 6 heteroatoms. The summed E-state index contributed by atoms with van der Waals surface area (Å²) in [4.78, 5) is 12.1. The van der Waals surface area contributed by atoms with E-state index in [1.54, 1.807) is 13.2 Å². The van der Waals surface area contributed by atoms with Gasteiger partial charge in [0.15, 0.2) is 0 Å². The number of nitrogens with one attached hydrogen (secondary N) is 1. The lowest BCUT2D eigenvalue weighted by Crippen LogP contribution is -2.15. The fourth-order valence-corrected chi connectivity index (χ4v) is 2.43. The van der Waals surface area contributed by atoms with Gasteiger partial charge < -0.3 is 10.1 Å². The number of anilines is 1. The molecule has 0 fully saturated rings. The number of rotatable bonds is 4. The molecule has 0 spiro atoms. The lowest BCUT2D eigenvalue weighted by molar-refractivity contribution is -0.115. The summed E-state index contributed by atoms with van der Waals surface area (Å²) in [6.07, 6.45) is 0.167. The largest absolute Gasteiger partial charge is 0.496 e. The highest BCUT2D eigenvalue weighted by molar-refractivity contribution is 6.44. The van der Waals surface area contributed by atoms with Crippen molar-refractivity contribution in [2.45, 2.75) is 6.42 Å². The van der Waals surface area contributed by atoms with Crippen molar-refractivity contribution in [2.75, 3.05) is 12.4 Å². The fraction of sp³-hybridized carbons (Fsp3) is 0.133. The Morgan fingerprint density at radius 1 is 1.10 bits per heavy atom. The summed E-state index contributed by atoms with van der Waals surface area (Å²) in [7, 11) is 1.56. The molecule has 0 bridgehead atoms. The zero-order chi connectivity index (χ0) is 15.4. The second-order valence-corrected chi connectivity index (χ2v) is 5.50. The van der Waals surface area contributed by atoms with Gasteiger partial charge in [0.1, 0.15) is 5.75 Å². The van der Waals surface area contributed by atoms with E-state index in [1.165, 1.54) is 12.1 Å². The van der Waals surface area contributed by atoms with E-state index in [4.69, 9.17) is 39.5 Å². The normalized spacial score (nSPS) is 10.3. The highest BCUT2D eigenvalue weighted by atomic mass is 35.5. The number of carbonyl (C=O) groups excluding carboxylic acids is 1. The first-order valence-corrected chi connectivity index (χ1v) is 7.21. The lowest BCUT2D eigenvalue weighted by Gasteiger charge is -2.10. The maximum atomic E-state index is 12.1. The molecule has 0 aliphatic rings. The Hall–Kier alpha value is -1.42. The minimum absolute atomic E-state index is 0.167. The number of carbonyl (C=O) groups is 1. The van der Waals surface area contributed by atoms with Gasteiger partial charge >= 0.3 is 0 Å². The second kappa shape index (κ2) is 7.03. The van der Waals surface area contributed by atoms with Gasteiger partial charge in [0.05, 0.1) is 34.3 Å². The van der Waals surface area contributed by atoms with Crippen molar-refractivity contribution in [1.29, 1.82) is 0 Å². The molecular formula is C15H12Cl3NO2. The number of para-hydroxylation sites is 1. The van der Waals surface area contributed by atoms with E-state index in [-0.39, 0.29) is 12.3 Å². The Morgan fingerprint density at radius 2 is 1.76 bits per heavy atom. The van der Waals surface area contributed by atoms with Gasteiger partial charge in [0, 0.05) is 5.56 Å². The van der Waals surface area contributed by atoms with Gasteiger partial charge in [0.2, 0.25) is 5.91 Å². The molecule has 0 saturated heterocycles. The minimum atomic E-state index is -0.222. The zero-order valence-electron chi connectivity index (χ0n) is 11.1. The van der Waals surface area contributed by atoms with Crippen LogP contribution in [0.1, 0.15) is 5.56 Å². The molecule has 0 aliphatic carbocycles. The van der Waals surface area contributed by atoms with Crippen LogP contribution in [0.15, 0.2) is 36.4 Å². The highest BCUT2D eigenvalue weighted by Crippen LogP contribution is 2.32. The van der Waals surface area contributed by atoms with Gasteiger partial charge in [-0.15, -0.1) is 0 Å². The fourth-order valence-electron chi connectivity index (χ4n) is 1.83. The molecule has 0 unspecified atom stereocenters. The van der Waals surface area contributed by atoms with Crippen LogP contribution in [0.3, 0.4) is 0 Å². The third-order valence-electron chi connectivity index (χ3n) is 2.83. The number of methoxy groups -OCH3 is 1. The number of amides is 1. The summed E-state index contributed by atoms with van der Waals surface area (Å²) in [5.41, 5.74) is 1.21. The second-order valence-electron chi connectivity index (χ2n) is 4.28. The molecule has 0 heterocycles. The SMILES string of the molecule is COc1ccccc1CC(=O)Nc1cc(Cl)c(Cl)cc1Cl. The Morgan fingerprint density at radius 3 is 2.48 bits per heavy atom. The molecular weight excluding hydrogens is 333 g/mol. The summed E-state index contributed by atoms with van der Waals surface area (Å²) < 4.78 is 5.21. The number of hydrogen-bond acceptors (Lipinski definition) is 2. The van der Waals surface area contributed by atoms with Crippen molar-refractivity contribution in [3.8, 4) is 5.75 Å². The Kier molecular flexibility index (Phi) is 5.34. The smallest absolute Gasteiger partial charge is 0.228 e. The number of halogens is 3. The predicted octanol–water partition coefficient (Wildman–Crippen LogP) is 4.84. The standard InChI is InChI=1S/C15H12Cl3NO2/c1-21-14-5-3-2-4-9(14)6-15(20)19-13-8-11(17)10(16)7-12(13)18/h2-5,7-8H,6H2,1H3,(H,19,20).